The molecule has 0 bridgehead atoms. The average Bonchev–Trinajstić information content (AvgIpc) is 3.14. The minimum atomic E-state index is 0.523. The number of fused-ring (bicyclic) bond motifs is 1. The van der Waals surface area contributed by atoms with Gasteiger partial charge in [-0.3, -0.25) is 0 Å². The van der Waals surface area contributed by atoms with Crippen molar-refractivity contribution in [2.45, 2.75) is 44.4 Å². The van der Waals surface area contributed by atoms with E-state index in [2.05, 4.69) is 11.4 Å². The monoisotopic (exact) mass is 311 g/mol. The van der Waals surface area contributed by atoms with E-state index in [0.29, 0.717) is 11.8 Å². The zero-order valence-corrected chi connectivity index (χ0v) is 13.6. The van der Waals surface area contributed by atoms with Crippen molar-refractivity contribution in [3.05, 3.63) is 30.0 Å². The number of nitrogens with one attached hydrogen (secondary N) is 1. The van der Waals surface area contributed by atoms with Crippen LogP contribution >= 0.6 is 0 Å². The number of piperidine rings is 1. The Hall–Kier alpha value is -1.68. The number of benzene rings is 1. The molecule has 0 spiro atoms. The van der Waals surface area contributed by atoms with Gasteiger partial charge in [-0.15, -0.1) is 0 Å². The van der Waals surface area contributed by atoms with Crippen LogP contribution in [-0.2, 0) is 0 Å². The zero-order valence-electron chi connectivity index (χ0n) is 13.6. The Morgan fingerprint density at radius 2 is 1.65 bits per heavy atom. The van der Waals surface area contributed by atoms with Crippen LogP contribution in [0.3, 0.4) is 0 Å². The summed E-state index contributed by atoms with van der Waals surface area (Å²) < 4.78 is 6.20. The van der Waals surface area contributed by atoms with Crippen LogP contribution in [0.1, 0.15) is 50.1 Å². The lowest BCUT2D eigenvalue weighted by Crippen LogP contribution is -2.30. The summed E-state index contributed by atoms with van der Waals surface area (Å²) in [4.78, 5) is 9.72. The van der Waals surface area contributed by atoms with Crippen molar-refractivity contribution >= 4 is 11.0 Å². The van der Waals surface area contributed by atoms with E-state index >= 15 is 0 Å². The van der Waals surface area contributed by atoms with Crippen LogP contribution in [0.4, 0.5) is 0 Å². The van der Waals surface area contributed by atoms with Crippen LogP contribution < -0.4 is 10.1 Å². The van der Waals surface area contributed by atoms with Gasteiger partial charge in [0.25, 0.3) is 0 Å². The number of hydrogen-bond donors (Lipinski definition) is 1. The molecule has 1 aliphatic carbocycles. The number of nitrogens with zero attached hydrogens (tertiary/aromatic N) is 2. The SMILES string of the molecule is c1ccc2nc(C3CCCC3)c(OCC3CCNCC3)nc2c1. The van der Waals surface area contributed by atoms with E-state index < -0.39 is 0 Å². The molecule has 0 radical (unpaired) electrons. The normalized spacial score (nSPS) is 20.2. The van der Waals surface area contributed by atoms with Crippen LogP contribution in [0.5, 0.6) is 5.88 Å². The largest absolute Gasteiger partial charge is 0.476 e. The lowest BCUT2D eigenvalue weighted by Gasteiger charge is -2.23. The molecule has 1 aromatic carbocycles. The van der Waals surface area contributed by atoms with E-state index in [1.165, 1.54) is 38.5 Å². The van der Waals surface area contributed by atoms with E-state index in [-0.39, 0.29) is 0 Å². The minimum Gasteiger partial charge on any atom is -0.476 e. The maximum atomic E-state index is 6.20. The number of para-hydroxylation sites is 2. The summed E-state index contributed by atoms with van der Waals surface area (Å²) in [5.41, 5.74) is 3.02. The van der Waals surface area contributed by atoms with Gasteiger partial charge in [0, 0.05) is 5.92 Å². The maximum absolute atomic E-state index is 6.20. The van der Waals surface area contributed by atoms with E-state index in [0.717, 1.165) is 42.3 Å². The lowest BCUT2D eigenvalue weighted by atomic mass is 9.99. The Balaban J connectivity index is 1.60. The molecule has 1 aliphatic heterocycles. The highest BCUT2D eigenvalue weighted by Gasteiger charge is 2.24. The van der Waals surface area contributed by atoms with Crippen molar-refractivity contribution < 1.29 is 4.74 Å². The third-order valence-corrected chi connectivity index (χ3v) is 5.22. The van der Waals surface area contributed by atoms with Gasteiger partial charge >= 0.3 is 0 Å². The van der Waals surface area contributed by atoms with Gasteiger partial charge in [-0.2, -0.15) is 0 Å². The minimum absolute atomic E-state index is 0.523. The van der Waals surface area contributed by atoms with Gasteiger partial charge in [0.2, 0.25) is 5.88 Å². The summed E-state index contributed by atoms with van der Waals surface area (Å²) >= 11 is 0. The number of hydrogen-bond acceptors (Lipinski definition) is 4. The van der Waals surface area contributed by atoms with Gasteiger partial charge in [-0.1, -0.05) is 25.0 Å². The lowest BCUT2D eigenvalue weighted by molar-refractivity contribution is 0.206. The van der Waals surface area contributed by atoms with E-state index in [4.69, 9.17) is 14.7 Å². The average molecular weight is 311 g/mol. The van der Waals surface area contributed by atoms with Gasteiger partial charge in [0.1, 0.15) is 5.69 Å². The first-order chi connectivity index (χ1) is 11.4. The fourth-order valence-electron chi connectivity index (χ4n) is 3.81. The molecule has 122 valence electrons. The molecule has 2 heterocycles. The fourth-order valence-corrected chi connectivity index (χ4v) is 3.81. The molecule has 23 heavy (non-hydrogen) atoms. The molecule has 0 unspecified atom stereocenters. The van der Waals surface area contributed by atoms with Crippen molar-refractivity contribution in [3.63, 3.8) is 0 Å². The highest BCUT2D eigenvalue weighted by Crippen LogP contribution is 2.37. The van der Waals surface area contributed by atoms with Crippen LogP contribution in [0.2, 0.25) is 0 Å². The molecule has 2 fully saturated rings. The maximum Gasteiger partial charge on any atom is 0.236 e. The van der Waals surface area contributed by atoms with Crippen molar-refractivity contribution in [3.8, 4) is 5.88 Å². The summed E-state index contributed by atoms with van der Waals surface area (Å²) in [7, 11) is 0. The summed E-state index contributed by atoms with van der Waals surface area (Å²) in [6.07, 6.45) is 7.42. The molecule has 4 nitrogen and oxygen atoms in total. The smallest absolute Gasteiger partial charge is 0.236 e. The summed E-state index contributed by atoms with van der Waals surface area (Å²) in [6, 6.07) is 8.13. The van der Waals surface area contributed by atoms with Gasteiger partial charge in [0.05, 0.1) is 17.6 Å². The predicted molar refractivity (Wildman–Crippen MR) is 91.8 cm³/mol. The number of aromatic nitrogens is 2. The molecule has 1 saturated carbocycles. The number of rotatable bonds is 4. The van der Waals surface area contributed by atoms with Crippen LogP contribution in [0, 0.1) is 5.92 Å². The van der Waals surface area contributed by atoms with Crippen molar-refractivity contribution in [2.24, 2.45) is 5.92 Å². The van der Waals surface area contributed by atoms with Gasteiger partial charge in [0.15, 0.2) is 0 Å². The first kappa shape index (κ1) is 14.9. The molecule has 0 amide bonds. The van der Waals surface area contributed by atoms with E-state index in [9.17, 15) is 0 Å². The fraction of sp³-hybridized carbons (Fsp3) is 0.579. The van der Waals surface area contributed by atoms with Gasteiger partial charge in [-0.25, -0.2) is 9.97 Å². The highest BCUT2D eigenvalue weighted by atomic mass is 16.5. The van der Waals surface area contributed by atoms with Crippen LogP contribution in [0.15, 0.2) is 24.3 Å². The molecular weight excluding hydrogens is 286 g/mol. The Labute approximate surface area is 137 Å². The molecule has 2 aliphatic rings. The summed E-state index contributed by atoms with van der Waals surface area (Å²) in [5, 5.41) is 3.41. The zero-order chi connectivity index (χ0) is 15.5. The van der Waals surface area contributed by atoms with Gasteiger partial charge < -0.3 is 10.1 Å². The first-order valence-corrected chi connectivity index (χ1v) is 9.00. The summed E-state index contributed by atoms with van der Waals surface area (Å²) in [5.74, 6) is 1.95. The third kappa shape index (κ3) is 3.32. The molecule has 0 atom stereocenters. The van der Waals surface area contributed by atoms with E-state index in [1.54, 1.807) is 0 Å². The van der Waals surface area contributed by atoms with Crippen molar-refractivity contribution in [1.82, 2.24) is 15.3 Å². The molecule has 1 N–H and O–H groups in total. The Morgan fingerprint density at radius 1 is 0.957 bits per heavy atom. The highest BCUT2D eigenvalue weighted by molar-refractivity contribution is 5.74. The van der Waals surface area contributed by atoms with Crippen LogP contribution in [-0.4, -0.2) is 29.7 Å². The second-order valence-electron chi connectivity index (χ2n) is 6.89. The van der Waals surface area contributed by atoms with Crippen molar-refractivity contribution in [2.75, 3.05) is 19.7 Å². The predicted octanol–water partition coefficient (Wildman–Crippen LogP) is 3.67. The molecule has 2 aromatic rings. The molecule has 4 heteroatoms. The Kier molecular flexibility index (Phi) is 4.42. The van der Waals surface area contributed by atoms with Crippen LogP contribution in [0.25, 0.3) is 11.0 Å². The summed E-state index contributed by atoms with van der Waals surface area (Å²) in [6.45, 7) is 2.98. The second kappa shape index (κ2) is 6.83. The van der Waals surface area contributed by atoms with E-state index in [1.807, 2.05) is 18.2 Å². The second-order valence-corrected chi connectivity index (χ2v) is 6.89. The van der Waals surface area contributed by atoms with Gasteiger partial charge in [-0.05, 0) is 56.8 Å². The quantitative estimate of drug-likeness (QED) is 0.936. The molecule has 4 rings (SSSR count). The Bertz CT molecular complexity index is 661. The molecule has 1 aromatic heterocycles. The van der Waals surface area contributed by atoms with Crippen molar-refractivity contribution in [1.29, 1.82) is 0 Å². The molecule has 1 saturated heterocycles. The number of ether oxygens (including phenoxy) is 1. The topological polar surface area (TPSA) is 47.0 Å². The Morgan fingerprint density at radius 3 is 2.39 bits per heavy atom. The third-order valence-electron chi connectivity index (χ3n) is 5.22. The molecular formula is C19H25N3O. The first-order valence-electron chi connectivity index (χ1n) is 9.00. The standard InChI is InChI=1S/C19H25N3O/c1-2-6-15(5-1)18-19(23-13-14-9-11-20-12-10-14)22-17-8-4-3-7-16(17)21-18/h3-4,7-8,14-15,20H,1-2,5-6,9-13H2.